The summed E-state index contributed by atoms with van der Waals surface area (Å²) in [7, 11) is -3.45. The summed E-state index contributed by atoms with van der Waals surface area (Å²) in [5.74, 6) is -0.162. The molecule has 3 rings (SSSR count). The molecule has 26 heavy (non-hydrogen) atoms. The molecule has 0 saturated heterocycles. The van der Waals surface area contributed by atoms with Crippen molar-refractivity contribution in [1.82, 2.24) is 10.2 Å². The number of rotatable bonds is 5. The quantitative estimate of drug-likeness (QED) is 0.876. The van der Waals surface area contributed by atoms with Crippen LogP contribution in [0.3, 0.4) is 0 Å². The van der Waals surface area contributed by atoms with Crippen LogP contribution in [0, 0.1) is 0 Å². The Kier molecular flexibility index (Phi) is 5.44. The smallest absolute Gasteiger partial charge is 0.234 e. The minimum atomic E-state index is -3.45. The van der Waals surface area contributed by atoms with Crippen molar-refractivity contribution < 1.29 is 13.2 Å². The molecule has 1 N–H and O–H groups in total. The van der Waals surface area contributed by atoms with Crippen LogP contribution in [0.25, 0.3) is 0 Å². The van der Waals surface area contributed by atoms with Crippen LogP contribution < -0.4 is 5.32 Å². The van der Waals surface area contributed by atoms with Crippen LogP contribution in [0.1, 0.15) is 36.6 Å². The number of hydrogen-bond donors (Lipinski definition) is 1. The van der Waals surface area contributed by atoms with Crippen LogP contribution in [-0.2, 0) is 20.4 Å². The van der Waals surface area contributed by atoms with E-state index in [0.29, 0.717) is 17.0 Å². The zero-order chi connectivity index (χ0) is 18.7. The number of nitrogens with one attached hydrogen (secondary N) is 1. The molecule has 0 aliphatic carbocycles. The highest BCUT2D eigenvalue weighted by Gasteiger charge is 2.31. The van der Waals surface area contributed by atoms with Gasteiger partial charge in [0.2, 0.25) is 5.91 Å². The summed E-state index contributed by atoms with van der Waals surface area (Å²) in [6.45, 7) is 5.89. The lowest BCUT2D eigenvalue weighted by Crippen LogP contribution is -2.39. The minimum absolute atomic E-state index is 0.0530. The number of nitrogens with zero attached hydrogens (tertiary/aromatic N) is 1. The molecule has 6 heteroatoms. The fraction of sp³-hybridized carbons (Fsp3) is 0.350. The zero-order valence-electron chi connectivity index (χ0n) is 15.1. The van der Waals surface area contributed by atoms with E-state index < -0.39 is 15.9 Å². The summed E-state index contributed by atoms with van der Waals surface area (Å²) in [5, 5.41) is 3.06. The molecule has 0 bridgehead atoms. The van der Waals surface area contributed by atoms with Gasteiger partial charge in [-0.05, 0) is 35.8 Å². The first kappa shape index (κ1) is 18.6. The SMILES string of the molecule is CCN(CC)CC(=O)N[C@H]1c2ccccc2CS(=O)(=O)c2ccccc21. The third kappa shape index (κ3) is 3.66. The van der Waals surface area contributed by atoms with Gasteiger partial charge in [-0.15, -0.1) is 0 Å². The van der Waals surface area contributed by atoms with Crippen molar-refractivity contribution >= 4 is 15.7 Å². The van der Waals surface area contributed by atoms with Gasteiger partial charge >= 0.3 is 0 Å². The largest absolute Gasteiger partial charge is 0.344 e. The van der Waals surface area contributed by atoms with Gasteiger partial charge in [0.15, 0.2) is 9.84 Å². The van der Waals surface area contributed by atoms with Gasteiger partial charge in [0.25, 0.3) is 0 Å². The molecular weight excluding hydrogens is 348 g/mol. The van der Waals surface area contributed by atoms with Crippen LogP contribution in [0.4, 0.5) is 0 Å². The molecule has 1 atom stereocenters. The predicted octanol–water partition coefficient (Wildman–Crippen LogP) is 2.52. The number of carbonyl (C=O) groups excluding carboxylic acids is 1. The average molecular weight is 372 g/mol. The van der Waals surface area contributed by atoms with Gasteiger partial charge in [-0.25, -0.2) is 8.42 Å². The zero-order valence-corrected chi connectivity index (χ0v) is 15.9. The Balaban J connectivity index is 2.05. The van der Waals surface area contributed by atoms with Gasteiger partial charge < -0.3 is 5.32 Å². The topological polar surface area (TPSA) is 66.5 Å². The van der Waals surface area contributed by atoms with Gasteiger partial charge in [0.05, 0.1) is 23.2 Å². The normalized spacial score (nSPS) is 17.9. The molecule has 2 aromatic rings. The summed E-state index contributed by atoms with van der Waals surface area (Å²) < 4.78 is 25.7. The molecule has 1 aliphatic heterocycles. The average Bonchev–Trinajstić information content (AvgIpc) is 2.73. The molecular formula is C20H24N2O3S. The van der Waals surface area contributed by atoms with E-state index in [2.05, 4.69) is 5.32 Å². The molecule has 1 heterocycles. The number of sulfone groups is 1. The number of benzene rings is 2. The van der Waals surface area contributed by atoms with Gasteiger partial charge in [-0.1, -0.05) is 56.3 Å². The molecule has 5 nitrogen and oxygen atoms in total. The number of fused-ring (bicyclic) bond motifs is 2. The summed E-state index contributed by atoms with van der Waals surface area (Å²) in [5.41, 5.74) is 2.20. The van der Waals surface area contributed by atoms with E-state index in [1.807, 2.05) is 49.1 Å². The monoisotopic (exact) mass is 372 g/mol. The lowest BCUT2D eigenvalue weighted by Gasteiger charge is -2.23. The van der Waals surface area contributed by atoms with E-state index in [1.54, 1.807) is 18.2 Å². The minimum Gasteiger partial charge on any atom is -0.344 e. The number of amides is 1. The highest BCUT2D eigenvalue weighted by Crippen LogP contribution is 2.35. The molecule has 0 saturated carbocycles. The molecule has 0 aromatic heterocycles. The number of hydrogen-bond acceptors (Lipinski definition) is 4. The first-order valence-electron chi connectivity index (χ1n) is 8.87. The molecule has 0 radical (unpaired) electrons. The first-order chi connectivity index (χ1) is 12.5. The van der Waals surface area contributed by atoms with Gasteiger partial charge in [-0.3, -0.25) is 9.69 Å². The summed E-state index contributed by atoms with van der Waals surface area (Å²) in [4.78, 5) is 15.0. The molecule has 2 aromatic carbocycles. The third-order valence-corrected chi connectivity index (χ3v) is 6.58. The fourth-order valence-electron chi connectivity index (χ4n) is 3.41. The van der Waals surface area contributed by atoms with E-state index in [-0.39, 0.29) is 11.7 Å². The maximum absolute atomic E-state index is 12.8. The van der Waals surface area contributed by atoms with Crippen LogP contribution in [0.5, 0.6) is 0 Å². The molecule has 0 fully saturated rings. The Bertz CT molecular complexity index is 905. The van der Waals surface area contributed by atoms with Gasteiger partial charge in [-0.2, -0.15) is 0 Å². The van der Waals surface area contributed by atoms with E-state index in [9.17, 15) is 13.2 Å². The van der Waals surface area contributed by atoms with Crippen LogP contribution in [0.2, 0.25) is 0 Å². The summed E-state index contributed by atoms with van der Waals surface area (Å²) >= 11 is 0. The predicted molar refractivity (Wildman–Crippen MR) is 102 cm³/mol. The van der Waals surface area contributed by atoms with Crippen molar-refractivity contribution in [3.8, 4) is 0 Å². The second-order valence-electron chi connectivity index (χ2n) is 6.46. The Labute approximate surface area is 154 Å². The molecule has 0 unspecified atom stereocenters. The Morgan fingerprint density at radius 2 is 1.65 bits per heavy atom. The molecule has 138 valence electrons. The van der Waals surface area contributed by atoms with Gasteiger partial charge in [0, 0.05) is 0 Å². The summed E-state index contributed by atoms with van der Waals surface area (Å²) in [6.07, 6.45) is 0. The second-order valence-corrected chi connectivity index (χ2v) is 8.42. The van der Waals surface area contributed by atoms with Crippen molar-refractivity contribution in [3.05, 3.63) is 65.2 Å². The van der Waals surface area contributed by atoms with Gasteiger partial charge in [0.1, 0.15) is 0 Å². The van der Waals surface area contributed by atoms with Crippen molar-refractivity contribution in [2.45, 2.75) is 30.5 Å². The Morgan fingerprint density at radius 1 is 1.04 bits per heavy atom. The van der Waals surface area contributed by atoms with E-state index in [1.165, 1.54) is 0 Å². The van der Waals surface area contributed by atoms with Crippen molar-refractivity contribution in [2.75, 3.05) is 19.6 Å². The van der Waals surface area contributed by atoms with Crippen molar-refractivity contribution in [1.29, 1.82) is 0 Å². The summed E-state index contributed by atoms with van der Waals surface area (Å²) in [6, 6.07) is 13.9. The maximum atomic E-state index is 12.8. The standard InChI is InChI=1S/C20H24N2O3S/c1-3-22(4-2)13-19(23)21-20-16-10-6-5-9-15(16)14-26(24,25)18-12-8-7-11-17(18)20/h5-12,20H,3-4,13-14H2,1-2H3,(H,21,23)/t20-/m0/s1. The fourth-order valence-corrected chi connectivity index (χ4v) is 5.07. The van der Waals surface area contributed by atoms with Crippen LogP contribution in [0.15, 0.2) is 53.4 Å². The molecule has 1 amide bonds. The third-order valence-electron chi connectivity index (χ3n) is 4.84. The van der Waals surface area contributed by atoms with Crippen LogP contribution >= 0.6 is 0 Å². The lowest BCUT2D eigenvalue weighted by atomic mass is 9.95. The highest BCUT2D eigenvalue weighted by molar-refractivity contribution is 7.90. The maximum Gasteiger partial charge on any atom is 0.234 e. The van der Waals surface area contributed by atoms with Crippen molar-refractivity contribution in [2.24, 2.45) is 0 Å². The van der Waals surface area contributed by atoms with Crippen molar-refractivity contribution in [3.63, 3.8) is 0 Å². The highest BCUT2D eigenvalue weighted by atomic mass is 32.2. The lowest BCUT2D eigenvalue weighted by molar-refractivity contribution is -0.122. The number of likely N-dealkylation sites (N-methyl/N-ethyl adjacent to an activating group) is 1. The first-order valence-corrected chi connectivity index (χ1v) is 10.5. The molecule has 0 spiro atoms. The van der Waals surface area contributed by atoms with E-state index in [0.717, 1.165) is 24.2 Å². The molecule has 1 aliphatic rings. The Morgan fingerprint density at radius 3 is 2.35 bits per heavy atom. The Hall–Kier alpha value is -2.18. The number of carbonyl (C=O) groups is 1. The second kappa shape index (κ2) is 7.60. The van der Waals surface area contributed by atoms with Crippen LogP contribution in [-0.4, -0.2) is 38.9 Å². The van der Waals surface area contributed by atoms with E-state index >= 15 is 0 Å². The van der Waals surface area contributed by atoms with E-state index in [4.69, 9.17) is 0 Å².